The Hall–Kier alpha value is -2.45. The molecule has 2 rings (SSSR count). The molecule has 0 heterocycles. The molecule has 8 heteroatoms. The number of sulfonamides is 1. The highest BCUT2D eigenvalue weighted by Gasteiger charge is 2.28. The number of hydrogen-bond acceptors (Lipinski definition) is 4. The summed E-state index contributed by atoms with van der Waals surface area (Å²) in [7, 11) is -3.75. The highest BCUT2D eigenvalue weighted by Crippen LogP contribution is 2.18. The molecule has 2 aromatic carbocycles. The number of aliphatic carboxylic acids is 1. The van der Waals surface area contributed by atoms with Gasteiger partial charge in [0.1, 0.15) is 5.54 Å². The van der Waals surface area contributed by atoms with Crippen molar-refractivity contribution in [2.45, 2.75) is 30.7 Å². The van der Waals surface area contributed by atoms with E-state index in [0.29, 0.717) is 0 Å². The summed E-state index contributed by atoms with van der Waals surface area (Å²) in [5.74, 6) is -1.72. The third-order valence-electron chi connectivity index (χ3n) is 3.66. The molecular formula is C17H20N2O5S. The third kappa shape index (κ3) is 4.77. The van der Waals surface area contributed by atoms with Crippen LogP contribution in [0.4, 0.5) is 0 Å². The quantitative estimate of drug-likeness (QED) is 0.689. The van der Waals surface area contributed by atoms with Crippen LogP contribution in [0.5, 0.6) is 0 Å². The summed E-state index contributed by atoms with van der Waals surface area (Å²) in [5, 5.41) is 13.0. The van der Waals surface area contributed by atoms with Gasteiger partial charge in [0, 0.05) is 13.0 Å². The Morgan fingerprint density at radius 3 is 2.36 bits per heavy atom. The second-order valence-electron chi connectivity index (χ2n) is 6.14. The Morgan fingerprint density at radius 1 is 1.08 bits per heavy atom. The molecular weight excluding hydrogens is 344 g/mol. The van der Waals surface area contributed by atoms with Crippen LogP contribution < -0.4 is 10.0 Å². The predicted octanol–water partition coefficient (Wildman–Crippen LogP) is 1.49. The van der Waals surface area contributed by atoms with Crippen LogP contribution in [-0.4, -0.2) is 37.5 Å². The van der Waals surface area contributed by atoms with Gasteiger partial charge in [-0.2, -0.15) is 0 Å². The smallest absolute Gasteiger partial charge is 0.328 e. The molecule has 0 aliphatic heterocycles. The highest BCUT2D eigenvalue weighted by atomic mass is 32.2. The second kappa shape index (κ2) is 7.20. The molecule has 25 heavy (non-hydrogen) atoms. The van der Waals surface area contributed by atoms with E-state index in [-0.39, 0.29) is 17.9 Å². The van der Waals surface area contributed by atoms with Crippen molar-refractivity contribution < 1.29 is 23.1 Å². The van der Waals surface area contributed by atoms with E-state index in [9.17, 15) is 18.0 Å². The standard InChI is InChI=1S/C17H20N2O5S/c1-17(2,16(21)22)19-15(20)9-10-18-25(23,24)14-8-7-12-5-3-4-6-13(12)11-14/h3-8,11,18H,9-10H2,1-2H3,(H,19,20)(H,21,22). The molecule has 0 unspecified atom stereocenters. The average molecular weight is 364 g/mol. The number of carboxylic acid groups (broad SMARTS) is 1. The van der Waals surface area contributed by atoms with Crippen LogP contribution in [0.2, 0.25) is 0 Å². The van der Waals surface area contributed by atoms with E-state index >= 15 is 0 Å². The van der Waals surface area contributed by atoms with Crippen LogP contribution in [0.1, 0.15) is 20.3 Å². The summed E-state index contributed by atoms with van der Waals surface area (Å²) in [6.07, 6.45) is -0.163. The van der Waals surface area contributed by atoms with Crippen molar-refractivity contribution in [3.8, 4) is 0 Å². The maximum Gasteiger partial charge on any atom is 0.328 e. The maximum atomic E-state index is 12.3. The lowest BCUT2D eigenvalue weighted by molar-refractivity contribution is -0.146. The summed E-state index contributed by atoms with van der Waals surface area (Å²) in [4.78, 5) is 22.8. The fourth-order valence-electron chi connectivity index (χ4n) is 2.18. The molecule has 1 amide bonds. The van der Waals surface area contributed by atoms with E-state index < -0.39 is 27.4 Å². The van der Waals surface area contributed by atoms with E-state index in [1.807, 2.05) is 24.3 Å². The molecule has 2 aromatic rings. The first kappa shape index (κ1) is 18.9. The van der Waals surface area contributed by atoms with Gasteiger partial charge < -0.3 is 10.4 Å². The molecule has 134 valence electrons. The first-order chi connectivity index (χ1) is 11.6. The molecule has 0 atom stereocenters. The highest BCUT2D eigenvalue weighted by molar-refractivity contribution is 7.89. The van der Waals surface area contributed by atoms with Crippen LogP contribution in [-0.2, 0) is 19.6 Å². The van der Waals surface area contributed by atoms with Gasteiger partial charge in [-0.3, -0.25) is 4.79 Å². The summed E-state index contributed by atoms with van der Waals surface area (Å²) in [6, 6.07) is 12.2. The van der Waals surface area contributed by atoms with Gasteiger partial charge in [-0.25, -0.2) is 17.9 Å². The van der Waals surface area contributed by atoms with Gasteiger partial charge in [0.25, 0.3) is 0 Å². The molecule has 0 aliphatic carbocycles. The Labute approximate surface area is 146 Å². The number of carbonyl (C=O) groups excluding carboxylic acids is 1. The Morgan fingerprint density at radius 2 is 1.72 bits per heavy atom. The fraction of sp³-hybridized carbons (Fsp3) is 0.294. The van der Waals surface area contributed by atoms with E-state index in [1.165, 1.54) is 19.9 Å². The molecule has 0 saturated heterocycles. The van der Waals surface area contributed by atoms with E-state index in [1.54, 1.807) is 12.1 Å². The normalized spacial score (nSPS) is 12.1. The SMILES string of the molecule is CC(C)(NC(=O)CCNS(=O)(=O)c1ccc2ccccc2c1)C(=O)O. The van der Waals surface area contributed by atoms with E-state index in [0.717, 1.165) is 10.8 Å². The average Bonchev–Trinajstić information content (AvgIpc) is 2.53. The van der Waals surface area contributed by atoms with Crippen molar-refractivity contribution in [1.82, 2.24) is 10.0 Å². The number of benzene rings is 2. The topological polar surface area (TPSA) is 113 Å². The van der Waals surface area contributed by atoms with Gasteiger partial charge in [0.15, 0.2) is 0 Å². The molecule has 0 radical (unpaired) electrons. The van der Waals surface area contributed by atoms with Gasteiger partial charge >= 0.3 is 5.97 Å². The van der Waals surface area contributed by atoms with Crippen LogP contribution in [0.25, 0.3) is 10.8 Å². The molecule has 0 spiro atoms. The second-order valence-corrected chi connectivity index (χ2v) is 7.90. The van der Waals surface area contributed by atoms with Crippen molar-refractivity contribution in [3.63, 3.8) is 0 Å². The minimum atomic E-state index is -3.75. The summed E-state index contributed by atoms with van der Waals surface area (Å²) in [6.45, 7) is 2.58. The molecule has 7 nitrogen and oxygen atoms in total. The molecule has 3 N–H and O–H groups in total. The monoisotopic (exact) mass is 364 g/mol. The zero-order valence-electron chi connectivity index (χ0n) is 13.9. The number of amides is 1. The van der Waals surface area contributed by atoms with Crippen molar-refractivity contribution in [3.05, 3.63) is 42.5 Å². The number of fused-ring (bicyclic) bond motifs is 1. The molecule has 0 aliphatic rings. The predicted molar refractivity (Wildman–Crippen MR) is 93.6 cm³/mol. The third-order valence-corrected chi connectivity index (χ3v) is 5.12. The van der Waals surface area contributed by atoms with Crippen LogP contribution in [0.3, 0.4) is 0 Å². The lowest BCUT2D eigenvalue weighted by Crippen LogP contribution is -2.50. The van der Waals surface area contributed by atoms with E-state index in [2.05, 4.69) is 10.0 Å². The van der Waals surface area contributed by atoms with Gasteiger partial charge in [-0.1, -0.05) is 30.3 Å². The van der Waals surface area contributed by atoms with Gasteiger partial charge in [-0.15, -0.1) is 0 Å². The summed E-state index contributed by atoms with van der Waals surface area (Å²) in [5.41, 5.74) is -1.41. The lowest BCUT2D eigenvalue weighted by atomic mass is 10.1. The minimum Gasteiger partial charge on any atom is -0.480 e. The Bertz CT molecular complexity index is 906. The summed E-state index contributed by atoms with van der Waals surface area (Å²) >= 11 is 0. The van der Waals surface area contributed by atoms with Gasteiger partial charge in [0.2, 0.25) is 15.9 Å². The summed E-state index contributed by atoms with van der Waals surface area (Å²) < 4.78 is 27.0. The first-order valence-electron chi connectivity index (χ1n) is 7.65. The minimum absolute atomic E-state index is 0.109. The molecule has 0 saturated carbocycles. The number of hydrogen-bond donors (Lipinski definition) is 3. The number of carboxylic acids is 1. The van der Waals surface area contributed by atoms with Crippen molar-refractivity contribution >= 4 is 32.7 Å². The molecule has 0 aromatic heterocycles. The van der Waals surface area contributed by atoms with Gasteiger partial charge in [0.05, 0.1) is 4.90 Å². The lowest BCUT2D eigenvalue weighted by Gasteiger charge is -2.20. The van der Waals surface area contributed by atoms with Crippen LogP contribution >= 0.6 is 0 Å². The van der Waals surface area contributed by atoms with E-state index in [4.69, 9.17) is 5.11 Å². The number of rotatable bonds is 7. The zero-order valence-corrected chi connectivity index (χ0v) is 14.8. The molecule has 0 bridgehead atoms. The zero-order chi connectivity index (χ0) is 18.7. The fourth-order valence-corrected chi connectivity index (χ4v) is 3.25. The number of nitrogens with one attached hydrogen (secondary N) is 2. The van der Waals surface area contributed by atoms with Crippen molar-refractivity contribution in [2.75, 3.05) is 6.54 Å². The van der Waals surface area contributed by atoms with Crippen LogP contribution in [0, 0.1) is 0 Å². The van der Waals surface area contributed by atoms with Crippen molar-refractivity contribution in [1.29, 1.82) is 0 Å². The number of carbonyl (C=O) groups is 2. The van der Waals surface area contributed by atoms with Crippen molar-refractivity contribution in [2.24, 2.45) is 0 Å². The largest absolute Gasteiger partial charge is 0.480 e. The Balaban J connectivity index is 1.99. The van der Waals surface area contributed by atoms with Crippen LogP contribution in [0.15, 0.2) is 47.4 Å². The molecule has 0 fully saturated rings. The maximum absolute atomic E-state index is 12.3. The van der Waals surface area contributed by atoms with Gasteiger partial charge in [-0.05, 0) is 36.8 Å². The Kier molecular flexibility index (Phi) is 5.44. The first-order valence-corrected chi connectivity index (χ1v) is 9.13.